The third-order valence-electron chi connectivity index (χ3n) is 3.16. The van der Waals surface area contributed by atoms with E-state index in [4.69, 9.17) is 9.47 Å². The zero-order chi connectivity index (χ0) is 13.0. The van der Waals surface area contributed by atoms with E-state index in [1.807, 2.05) is 18.2 Å². The Bertz CT molecular complexity index is 424. The smallest absolute Gasteiger partial charge is 0.162 e. The summed E-state index contributed by atoms with van der Waals surface area (Å²) in [6.07, 6.45) is 7.23. The lowest BCUT2D eigenvalue weighted by Gasteiger charge is -2.20. The van der Waals surface area contributed by atoms with Gasteiger partial charge >= 0.3 is 0 Å². The number of hydrogen-bond acceptors (Lipinski definition) is 3. The molecule has 0 spiro atoms. The first-order valence-electron chi connectivity index (χ1n) is 6.40. The summed E-state index contributed by atoms with van der Waals surface area (Å²) < 4.78 is 11.2. The summed E-state index contributed by atoms with van der Waals surface area (Å²) in [5, 5.41) is 9.55. The molecule has 3 heteroatoms. The Morgan fingerprint density at radius 2 is 2.17 bits per heavy atom. The molecule has 2 atom stereocenters. The molecule has 3 nitrogen and oxygen atoms in total. The van der Waals surface area contributed by atoms with E-state index in [-0.39, 0.29) is 6.10 Å². The Labute approximate surface area is 108 Å². The highest BCUT2D eigenvalue weighted by Gasteiger charge is 2.14. The van der Waals surface area contributed by atoms with Crippen molar-refractivity contribution < 1.29 is 14.6 Å². The van der Waals surface area contributed by atoms with Crippen LogP contribution in [0.1, 0.15) is 37.9 Å². The Morgan fingerprint density at radius 1 is 1.33 bits per heavy atom. The molecule has 0 saturated carbocycles. The van der Waals surface area contributed by atoms with Gasteiger partial charge in [-0.2, -0.15) is 0 Å². The molecule has 0 amide bonds. The molecule has 0 saturated heterocycles. The van der Waals surface area contributed by atoms with Gasteiger partial charge in [0.2, 0.25) is 0 Å². The van der Waals surface area contributed by atoms with Crippen LogP contribution in [0.5, 0.6) is 11.5 Å². The Morgan fingerprint density at radius 3 is 2.78 bits per heavy atom. The monoisotopic (exact) mass is 248 g/mol. The van der Waals surface area contributed by atoms with Crippen LogP contribution in [0.4, 0.5) is 0 Å². The van der Waals surface area contributed by atoms with Crippen molar-refractivity contribution in [2.75, 3.05) is 7.11 Å². The molecule has 1 aromatic rings. The summed E-state index contributed by atoms with van der Waals surface area (Å²) in [4.78, 5) is 0. The van der Waals surface area contributed by atoms with Crippen LogP contribution in [0.2, 0.25) is 0 Å². The molecule has 1 aliphatic rings. The van der Waals surface area contributed by atoms with Crippen LogP contribution < -0.4 is 9.47 Å². The van der Waals surface area contributed by atoms with E-state index >= 15 is 0 Å². The van der Waals surface area contributed by atoms with Gasteiger partial charge in [0.1, 0.15) is 6.10 Å². The fraction of sp³-hybridized carbons (Fsp3) is 0.467. The van der Waals surface area contributed by atoms with Crippen LogP contribution in [-0.4, -0.2) is 18.3 Å². The molecule has 2 rings (SSSR count). The van der Waals surface area contributed by atoms with Crippen molar-refractivity contribution in [3.8, 4) is 11.5 Å². The number of allylic oxidation sites excluding steroid dienone is 1. The number of benzene rings is 1. The Kier molecular flexibility index (Phi) is 4.26. The van der Waals surface area contributed by atoms with Gasteiger partial charge < -0.3 is 14.6 Å². The zero-order valence-corrected chi connectivity index (χ0v) is 10.9. The summed E-state index contributed by atoms with van der Waals surface area (Å²) >= 11 is 0. The van der Waals surface area contributed by atoms with Gasteiger partial charge in [-0.25, -0.2) is 0 Å². The summed E-state index contributed by atoms with van der Waals surface area (Å²) in [6, 6.07) is 5.56. The molecule has 1 aromatic carbocycles. The Hall–Kier alpha value is -1.48. The first kappa shape index (κ1) is 13.0. The summed E-state index contributed by atoms with van der Waals surface area (Å²) in [5.74, 6) is 1.41. The molecular formula is C15H20O3. The molecule has 1 N–H and O–H groups in total. The normalized spacial score (nSPS) is 20.5. The third kappa shape index (κ3) is 3.05. The molecule has 0 heterocycles. The SMILES string of the molecule is COc1cc([C@@H](C)O)ccc1OC1C=CCCC1. The Balaban J connectivity index is 2.16. The van der Waals surface area contributed by atoms with E-state index in [1.165, 1.54) is 0 Å². The average molecular weight is 248 g/mol. The quantitative estimate of drug-likeness (QED) is 0.831. The standard InChI is InChI=1S/C15H20O3/c1-11(16)12-8-9-14(15(10-12)17-2)18-13-6-4-3-5-7-13/h4,6,8-11,13,16H,3,5,7H2,1-2H3/t11-,13?/m1/s1. The predicted molar refractivity (Wildman–Crippen MR) is 71.0 cm³/mol. The van der Waals surface area contributed by atoms with Crippen molar-refractivity contribution in [2.45, 2.75) is 38.4 Å². The molecular weight excluding hydrogens is 228 g/mol. The second-order valence-electron chi connectivity index (χ2n) is 4.60. The number of aliphatic hydroxyl groups is 1. The van der Waals surface area contributed by atoms with Gasteiger partial charge in [0.15, 0.2) is 11.5 Å². The molecule has 0 fully saturated rings. The second-order valence-corrected chi connectivity index (χ2v) is 4.60. The van der Waals surface area contributed by atoms with Crippen molar-refractivity contribution in [1.82, 2.24) is 0 Å². The van der Waals surface area contributed by atoms with Gasteiger partial charge in [-0.15, -0.1) is 0 Å². The zero-order valence-electron chi connectivity index (χ0n) is 10.9. The van der Waals surface area contributed by atoms with Crippen LogP contribution in [0.25, 0.3) is 0 Å². The number of aliphatic hydroxyl groups excluding tert-OH is 1. The van der Waals surface area contributed by atoms with Gasteiger partial charge in [0.05, 0.1) is 13.2 Å². The van der Waals surface area contributed by atoms with Crippen LogP contribution in [0.15, 0.2) is 30.4 Å². The van der Waals surface area contributed by atoms with Crippen molar-refractivity contribution in [1.29, 1.82) is 0 Å². The van der Waals surface area contributed by atoms with Crippen LogP contribution in [-0.2, 0) is 0 Å². The largest absolute Gasteiger partial charge is 0.493 e. The first-order valence-corrected chi connectivity index (χ1v) is 6.40. The van der Waals surface area contributed by atoms with Crippen LogP contribution >= 0.6 is 0 Å². The topological polar surface area (TPSA) is 38.7 Å². The minimum atomic E-state index is -0.498. The minimum Gasteiger partial charge on any atom is -0.493 e. The maximum atomic E-state index is 9.55. The van der Waals surface area contributed by atoms with Crippen LogP contribution in [0, 0.1) is 0 Å². The van der Waals surface area contributed by atoms with E-state index in [1.54, 1.807) is 14.0 Å². The lowest BCUT2D eigenvalue weighted by molar-refractivity contribution is 0.197. The molecule has 18 heavy (non-hydrogen) atoms. The van der Waals surface area contributed by atoms with E-state index in [0.29, 0.717) is 5.75 Å². The summed E-state index contributed by atoms with van der Waals surface area (Å²) in [5.41, 5.74) is 0.832. The molecule has 98 valence electrons. The molecule has 1 aliphatic carbocycles. The van der Waals surface area contributed by atoms with Crippen molar-refractivity contribution in [3.63, 3.8) is 0 Å². The van der Waals surface area contributed by atoms with E-state index < -0.39 is 6.10 Å². The third-order valence-corrected chi connectivity index (χ3v) is 3.16. The van der Waals surface area contributed by atoms with Gasteiger partial charge in [0, 0.05) is 0 Å². The van der Waals surface area contributed by atoms with E-state index in [9.17, 15) is 5.11 Å². The van der Waals surface area contributed by atoms with Crippen molar-refractivity contribution >= 4 is 0 Å². The van der Waals surface area contributed by atoms with Crippen LogP contribution in [0.3, 0.4) is 0 Å². The number of rotatable bonds is 4. The highest BCUT2D eigenvalue weighted by molar-refractivity contribution is 5.43. The van der Waals surface area contributed by atoms with Crippen molar-refractivity contribution in [2.24, 2.45) is 0 Å². The van der Waals surface area contributed by atoms with Crippen molar-refractivity contribution in [3.05, 3.63) is 35.9 Å². The highest BCUT2D eigenvalue weighted by atomic mass is 16.5. The number of hydrogen-bond donors (Lipinski definition) is 1. The van der Waals surface area contributed by atoms with Gasteiger partial charge in [-0.3, -0.25) is 0 Å². The predicted octanol–water partition coefficient (Wildman–Crippen LogP) is 3.24. The van der Waals surface area contributed by atoms with E-state index in [0.717, 1.165) is 30.6 Å². The second kappa shape index (κ2) is 5.91. The fourth-order valence-electron chi connectivity index (χ4n) is 2.08. The molecule has 0 bridgehead atoms. The minimum absolute atomic E-state index is 0.130. The maximum Gasteiger partial charge on any atom is 0.162 e. The summed E-state index contributed by atoms with van der Waals surface area (Å²) in [6.45, 7) is 1.74. The number of ether oxygens (including phenoxy) is 2. The molecule has 0 aromatic heterocycles. The average Bonchev–Trinajstić information content (AvgIpc) is 2.40. The fourth-order valence-corrected chi connectivity index (χ4v) is 2.08. The molecule has 1 unspecified atom stereocenters. The van der Waals surface area contributed by atoms with Gasteiger partial charge in [0.25, 0.3) is 0 Å². The van der Waals surface area contributed by atoms with Gasteiger partial charge in [-0.05, 0) is 50.0 Å². The summed E-state index contributed by atoms with van der Waals surface area (Å²) in [7, 11) is 1.62. The van der Waals surface area contributed by atoms with Gasteiger partial charge in [-0.1, -0.05) is 12.1 Å². The number of methoxy groups -OCH3 is 1. The molecule has 0 radical (unpaired) electrons. The molecule has 0 aliphatic heterocycles. The highest BCUT2D eigenvalue weighted by Crippen LogP contribution is 2.32. The lowest BCUT2D eigenvalue weighted by Crippen LogP contribution is -2.16. The van der Waals surface area contributed by atoms with E-state index in [2.05, 4.69) is 12.2 Å². The maximum absolute atomic E-state index is 9.55. The first-order chi connectivity index (χ1) is 8.70. The lowest BCUT2D eigenvalue weighted by atomic mass is 10.1.